The van der Waals surface area contributed by atoms with E-state index in [0.29, 0.717) is 5.92 Å². The van der Waals surface area contributed by atoms with Crippen LogP contribution in [-0.4, -0.2) is 11.1 Å². The van der Waals surface area contributed by atoms with Crippen LogP contribution in [0.2, 0.25) is 0 Å². The van der Waals surface area contributed by atoms with Crippen molar-refractivity contribution in [3.63, 3.8) is 0 Å². The van der Waals surface area contributed by atoms with E-state index in [1.165, 1.54) is 38.2 Å². The molecule has 0 rings (SSSR count). The maximum atomic E-state index is 10.5. The average molecular weight is 212 g/mol. The number of allylic oxidation sites excluding steroid dienone is 1. The molecule has 0 spiro atoms. The number of rotatable bonds is 8. The van der Waals surface area contributed by atoms with Gasteiger partial charge in [-0.1, -0.05) is 51.5 Å². The van der Waals surface area contributed by atoms with Gasteiger partial charge < -0.3 is 5.11 Å². The number of unbranched alkanes of at least 4 members (excludes halogenated alkanes) is 4. The van der Waals surface area contributed by atoms with Crippen molar-refractivity contribution in [1.29, 1.82) is 0 Å². The maximum Gasteiger partial charge on any atom is 0.328 e. The van der Waals surface area contributed by atoms with Gasteiger partial charge in [0.05, 0.1) is 0 Å². The third-order valence-corrected chi connectivity index (χ3v) is 2.87. The van der Waals surface area contributed by atoms with E-state index in [2.05, 4.69) is 13.8 Å². The van der Waals surface area contributed by atoms with Crippen molar-refractivity contribution >= 4 is 5.97 Å². The second-order valence-corrected chi connectivity index (χ2v) is 4.33. The standard InChI is InChI=1S/C13H24O2/c1-4-5-6-7-8-9-11(2)12(3)10-13(14)15/h10-11H,4-9H2,1-3H3,(H,14,15). The van der Waals surface area contributed by atoms with E-state index < -0.39 is 5.97 Å². The van der Waals surface area contributed by atoms with Crippen molar-refractivity contribution in [1.82, 2.24) is 0 Å². The smallest absolute Gasteiger partial charge is 0.328 e. The fourth-order valence-corrected chi connectivity index (χ4v) is 1.62. The molecule has 0 heterocycles. The minimum absolute atomic E-state index is 0.405. The molecular weight excluding hydrogens is 188 g/mol. The number of carbonyl (C=O) groups is 1. The van der Waals surface area contributed by atoms with Gasteiger partial charge in [0, 0.05) is 6.08 Å². The summed E-state index contributed by atoms with van der Waals surface area (Å²) in [4.78, 5) is 10.5. The highest BCUT2D eigenvalue weighted by Crippen LogP contribution is 2.18. The zero-order chi connectivity index (χ0) is 11.7. The van der Waals surface area contributed by atoms with Crippen LogP contribution in [0.4, 0.5) is 0 Å². The Bertz CT molecular complexity index is 207. The zero-order valence-electron chi connectivity index (χ0n) is 10.3. The normalized spacial score (nSPS) is 13.9. The summed E-state index contributed by atoms with van der Waals surface area (Å²) in [6.07, 6.45) is 8.83. The first-order valence-corrected chi connectivity index (χ1v) is 5.99. The van der Waals surface area contributed by atoms with E-state index in [4.69, 9.17) is 5.11 Å². The van der Waals surface area contributed by atoms with E-state index in [9.17, 15) is 4.79 Å². The van der Waals surface area contributed by atoms with Gasteiger partial charge in [-0.25, -0.2) is 4.79 Å². The quantitative estimate of drug-likeness (QED) is 0.487. The van der Waals surface area contributed by atoms with Gasteiger partial charge in [-0.3, -0.25) is 0 Å². The Labute approximate surface area is 93.4 Å². The number of hydrogen-bond acceptors (Lipinski definition) is 1. The van der Waals surface area contributed by atoms with Crippen LogP contribution in [0.1, 0.15) is 59.3 Å². The van der Waals surface area contributed by atoms with E-state index >= 15 is 0 Å². The maximum absolute atomic E-state index is 10.5. The van der Waals surface area contributed by atoms with Crippen molar-refractivity contribution in [3.05, 3.63) is 11.6 Å². The van der Waals surface area contributed by atoms with E-state index in [1.807, 2.05) is 6.92 Å². The van der Waals surface area contributed by atoms with Crippen LogP contribution >= 0.6 is 0 Å². The van der Waals surface area contributed by atoms with Gasteiger partial charge in [-0.15, -0.1) is 0 Å². The molecule has 2 heteroatoms. The molecule has 0 aliphatic rings. The Morgan fingerprint density at radius 1 is 1.27 bits per heavy atom. The molecule has 0 saturated carbocycles. The van der Waals surface area contributed by atoms with Crippen LogP contribution in [0.5, 0.6) is 0 Å². The second kappa shape index (κ2) is 8.51. The predicted molar refractivity (Wildman–Crippen MR) is 63.9 cm³/mol. The van der Waals surface area contributed by atoms with Gasteiger partial charge in [0.15, 0.2) is 0 Å². The van der Waals surface area contributed by atoms with Crippen molar-refractivity contribution in [3.8, 4) is 0 Å². The summed E-state index contributed by atoms with van der Waals surface area (Å²) in [6, 6.07) is 0. The second-order valence-electron chi connectivity index (χ2n) is 4.33. The minimum atomic E-state index is -0.828. The molecule has 88 valence electrons. The lowest BCUT2D eigenvalue weighted by Gasteiger charge is -2.11. The molecule has 0 radical (unpaired) electrons. The number of carboxylic acids is 1. The van der Waals surface area contributed by atoms with Gasteiger partial charge in [0.25, 0.3) is 0 Å². The number of carboxylic acid groups (broad SMARTS) is 1. The topological polar surface area (TPSA) is 37.3 Å². The van der Waals surface area contributed by atoms with E-state index in [0.717, 1.165) is 12.0 Å². The minimum Gasteiger partial charge on any atom is -0.478 e. The summed E-state index contributed by atoms with van der Waals surface area (Å²) >= 11 is 0. The Balaban J connectivity index is 3.64. The van der Waals surface area contributed by atoms with Crippen LogP contribution in [0.3, 0.4) is 0 Å². The van der Waals surface area contributed by atoms with Crippen molar-refractivity contribution < 1.29 is 9.90 Å². The molecule has 0 amide bonds. The van der Waals surface area contributed by atoms with Crippen LogP contribution in [0.15, 0.2) is 11.6 Å². The molecule has 0 aromatic rings. The molecule has 0 aromatic heterocycles. The van der Waals surface area contributed by atoms with Crippen molar-refractivity contribution in [2.75, 3.05) is 0 Å². The fraction of sp³-hybridized carbons (Fsp3) is 0.769. The molecule has 0 fully saturated rings. The van der Waals surface area contributed by atoms with Gasteiger partial charge in [-0.2, -0.15) is 0 Å². The van der Waals surface area contributed by atoms with Crippen LogP contribution in [0.25, 0.3) is 0 Å². The third-order valence-electron chi connectivity index (χ3n) is 2.87. The SMILES string of the molecule is CCCCCCCC(C)C(C)=CC(=O)O. The van der Waals surface area contributed by atoms with Crippen molar-refractivity contribution in [2.45, 2.75) is 59.3 Å². The van der Waals surface area contributed by atoms with Crippen LogP contribution in [-0.2, 0) is 4.79 Å². The lowest BCUT2D eigenvalue weighted by molar-refractivity contribution is -0.131. The lowest BCUT2D eigenvalue weighted by Crippen LogP contribution is -2.00. The summed E-state index contributed by atoms with van der Waals surface area (Å²) in [7, 11) is 0. The van der Waals surface area contributed by atoms with E-state index in [1.54, 1.807) is 0 Å². The molecule has 1 N–H and O–H groups in total. The van der Waals surface area contributed by atoms with Crippen LogP contribution in [0, 0.1) is 5.92 Å². The monoisotopic (exact) mass is 212 g/mol. The molecule has 0 aromatic carbocycles. The molecule has 15 heavy (non-hydrogen) atoms. The highest BCUT2D eigenvalue weighted by Gasteiger charge is 2.05. The lowest BCUT2D eigenvalue weighted by atomic mass is 9.95. The Hall–Kier alpha value is -0.790. The molecule has 2 nitrogen and oxygen atoms in total. The predicted octanol–water partition coefficient (Wildman–Crippen LogP) is 4.01. The van der Waals surface area contributed by atoms with Gasteiger partial charge in [-0.05, 0) is 19.3 Å². The number of aliphatic carboxylic acids is 1. The first-order valence-electron chi connectivity index (χ1n) is 5.99. The Kier molecular flexibility index (Phi) is 8.06. The molecule has 0 aliphatic carbocycles. The number of hydrogen-bond donors (Lipinski definition) is 1. The first-order chi connectivity index (χ1) is 7.07. The van der Waals surface area contributed by atoms with Gasteiger partial charge in [0.1, 0.15) is 0 Å². The summed E-state index contributed by atoms with van der Waals surface area (Å²) in [6.45, 7) is 6.22. The Morgan fingerprint density at radius 2 is 1.87 bits per heavy atom. The fourth-order valence-electron chi connectivity index (χ4n) is 1.62. The largest absolute Gasteiger partial charge is 0.478 e. The molecule has 0 bridgehead atoms. The Morgan fingerprint density at radius 3 is 2.40 bits per heavy atom. The summed E-state index contributed by atoms with van der Waals surface area (Å²) in [5.74, 6) is -0.423. The molecule has 1 unspecified atom stereocenters. The van der Waals surface area contributed by atoms with Crippen LogP contribution < -0.4 is 0 Å². The highest BCUT2D eigenvalue weighted by molar-refractivity contribution is 5.80. The molecular formula is C13H24O2. The summed E-state index contributed by atoms with van der Waals surface area (Å²) in [5, 5.41) is 8.60. The van der Waals surface area contributed by atoms with E-state index in [-0.39, 0.29) is 0 Å². The van der Waals surface area contributed by atoms with Gasteiger partial charge in [0.2, 0.25) is 0 Å². The average Bonchev–Trinajstić information content (AvgIpc) is 2.16. The third kappa shape index (κ3) is 8.22. The van der Waals surface area contributed by atoms with Gasteiger partial charge >= 0.3 is 5.97 Å². The molecule has 0 saturated heterocycles. The zero-order valence-corrected chi connectivity index (χ0v) is 10.3. The molecule has 0 aliphatic heterocycles. The highest BCUT2D eigenvalue weighted by atomic mass is 16.4. The summed E-state index contributed by atoms with van der Waals surface area (Å²) in [5.41, 5.74) is 0.984. The van der Waals surface area contributed by atoms with Crippen molar-refractivity contribution in [2.24, 2.45) is 5.92 Å². The first kappa shape index (κ1) is 14.2. The molecule has 1 atom stereocenters. The summed E-state index contributed by atoms with van der Waals surface area (Å²) < 4.78 is 0.